The molecule has 0 aliphatic heterocycles. The van der Waals surface area contributed by atoms with Gasteiger partial charge in [-0.15, -0.1) is 11.3 Å². The first-order valence-electron chi connectivity index (χ1n) is 9.91. The highest BCUT2D eigenvalue weighted by Gasteiger charge is 2.34. The molecule has 0 aliphatic carbocycles. The standard InChI is InChI=1S/C24H16F3N5OS/c1-14-4-5-15(22(33)30-18-7-6-16(11-28)19(10-18)24(25,26)27)9-20(14)31-23-32-21(13-34-23)17-3-2-8-29-12-17/h2-10,12-13H,1H3,(H,30,33)(H,31,32). The fourth-order valence-electron chi connectivity index (χ4n) is 3.15. The Labute approximate surface area is 196 Å². The number of hydrogen-bond acceptors (Lipinski definition) is 6. The normalized spacial score (nSPS) is 11.0. The molecule has 6 nitrogen and oxygen atoms in total. The quantitative estimate of drug-likeness (QED) is 0.346. The minimum atomic E-state index is -4.71. The second-order valence-electron chi connectivity index (χ2n) is 7.26. The fourth-order valence-corrected chi connectivity index (χ4v) is 3.88. The number of aromatic nitrogens is 2. The van der Waals surface area contributed by atoms with Crippen LogP contribution in [-0.4, -0.2) is 15.9 Å². The molecule has 0 bridgehead atoms. The van der Waals surface area contributed by atoms with E-state index in [1.54, 1.807) is 30.6 Å². The van der Waals surface area contributed by atoms with E-state index in [0.29, 0.717) is 10.8 Å². The van der Waals surface area contributed by atoms with Gasteiger partial charge < -0.3 is 10.6 Å². The number of amides is 1. The summed E-state index contributed by atoms with van der Waals surface area (Å²) in [5.41, 5.74) is 1.69. The third-order valence-electron chi connectivity index (χ3n) is 4.91. The van der Waals surface area contributed by atoms with Crippen LogP contribution in [-0.2, 0) is 6.18 Å². The number of carbonyl (C=O) groups excluding carboxylic acids is 1. The first-order valence-corrected chi connectivity index (χ1v) is 10.8. The van der Waals surface area contributed by atoms with Gasteiger partial charge in [-0.25, -0.2) is 4.98 Å². The van der Waals surface area contributed by atoms with Crippen molar-refractivity contribution in [2.24, 2.45) is 0 Å². The number of hydrogen-bond donors (Lipinski definition) is 2. The van der Waals surface area contributed by atoms with E-state index in [1.165, 1.54) is 23.5 Å². The summed E-state index contributed by atoms with van der Waals surface area (Å²) in [5, 5.41) is 17.1. The van der Waals surface area contributed by atoms with Crippen molar-refractivity contribution in [1.29, 1.82) is 5.26 Å². The van der Waals surface area contributed by atoms with Gasteiger partial charge in [0.1, 0.15) is 0 Å². The van der Waals surface area contributed by atoms with Crippen molar-refractivity contribution in [3.63, 3.8) is 0 Å². The van der Waals surface area contributed by atoms with E-state index in [9.17, 15) is 18.0 Å². The Morgan fingerprint density at radius 2 is 1.97 bits per heavy atom. The number of pyridine rings is 1. The zero-order valence-electron chi connectivity index (χ0n) is 17.6. The highest BCUT2D eigenvalue weighted by atomic mass is 32.1. The second kappa shape index (κ2) is 9.33. The second-order valence-corrected chi connectivity index (χ2v) is 8.12. The van der Waals surface area contributed by atoms with Gasteiger partial charge in [-0.05, 0) is 55.0 Å². The van der Waals surface area contributed by atoms with Crippen LogP contribution < -0.4 is 10.6 Å². The lowest BCUT2D eigenvalue weighted by atomic mass is 10.1. The molecule has 1 amide bonds. The van der Waals surface area contributed by atoms with Gasteiger partial charge >= 0.3 is 6.18 Å². The molecule has 34 heavy (non-hydrogen) atoms. The minimum absolute atomic E-state index is 0.0626. The third kappa shape index (κ3) is 5.05. The Kier molecular flexibility index (Phi) is 6.30. The van der Waals surface area contributed by atoms with Crippen LogP contribution in [0.2, 0.25) is 0 Å². The van der Waals surface area contributed by atoms with Gasteiger partial charge in [0.2, 0.25) is 0 Å². The van der Waals surface area contributed by atoms with Crippen molar-refractivity contribution in [1.82, 2.24) is 9.97 Å². The smallest absolute Gasteiger partial charge is 0.331 e. The van der Waals surface area contributed by atoms with E-state index in [1.807, 2.05) is 24.4 Å². The lowest BCUT2D eigenvalue weighted by Gasteiger charge is -2.13. The average Bonchev–Trinajstić information content (AvgIpc) is 3.29. The maximum atomic E-state index is 13.2. The van der Waals surface area contributed by atoms with Crippen molar-refractivity contribution in [2.45, 2.75) is 13.1 Å². The molecule has 0 aliphatic rings. The Balaban J connectivity index is 1.54. The predicted octanol–water partition coefficient (Wildman–Crippen LogP) is 6.40. The average molecular weight is 479 g/mol. The number of carbonyl (C=O) groups is 1. The first-order chi connectivity index (χ1) is 16.2. The van der Waals surface area contributed by atoms with Crippen LogP contribution in [0.5, 0.6) is 0 Å². The Morgan fingerprint density at radius 1 is 1.15 bits per heavy atom. The van der Waals surface area contributed by atoms with Gasteiger partial charge in [0.05, 0.1) is 22.9 Å². The number of thiazole rings is 1. The molecule has 10 heteroatoms. The number of nitrogens with one attached hydrogen (secondary N) is 2. The zero-order chi connectivity index (χ0) is 24.3. The van der Waals surface area contributed by atoms with E-state index in [2.05, 4.69) is 20.6 Å². The molecule has 2 aromatic heterocycles. The molecule has 2 heterocycles. The van der Waals surface area contributed by atoms with Crippen LogP contribution in [0.3, 0.4) is 0 Å². The van der Waals surface area contributed by atoms with Crippen LogP contribution in [0, 0.1) is 18.3 Å². The van der Waals surface area contributed by atoms with Crippen molar-refractivity contribution in [2.75, 3.05) is 10.6 Å². The van der Waals surface area contributed by atoms with E-state index < -0.39 is 23.2 Å². The maximum Gasteiger partial charge on any atom is 0.417 e. The molecule has 0 fully saturated rings. The summed E-state index contributed by atoms with van der Waals surface area (Å²) in [5.74, 6) is -0.587. The topological polar surface area (TPSA) is 90.7 Å². The van der Waals surface area contributed by atoms with Crippen molar-refractivity contribution < 1.29 is 18.0 Å². The molecular formula is C24H16F3N5OS. The molecule has 170 valence electrons. The molecule has 0 saturated heterocycles. The summed E-state index contributed by atoms with van der Waals surface area (Å²) in [4.78, 5) is 21.4. The predicted molar refractivity (Wildman–Crippen MR) is 124 cm³/mol. The van der Waals surface area contributed by atoms with Crippen LogP contribution in [0.25, 0.3) is 11.3 Å². The summed E-state index contributed by atoms with van der Waals surface area (Å²) < 4.78 is 39.6. The summed E-state index contributed by atoms with van der Waals surface area (Å²) in [6.45, 7) is 1.86. The number of nitriles is 1. The number of nitrogens with zero attached hydrogens (tertiary/aromatic N) is 3. The van der Waals surface area contributed by atoms with Gasteiger partial charge in [0.15, 0.2) is 5.13 Å². The van der Waals surface area contributed by atoms with Crippen LogP contribution in [0.1, 0.15) is 27.0 Å². The highest BCUT2D eigenvalue weighted by Crippen LogP contribution is 2.34. The Morgan fingerprint density at radius 3 is 2.68 bits per heavy atom. The number of aryl methyl sites for hydroxylation is 1. The fraction of sp³-hybridized carbons (Fsp3) is 0.0833. The molecule has 0 atom stereocenters. The lowest BCUT2D eigenvalue weighted by molar-refractivity contribution is -0.137. The van der Waals surface area contributed by atoms with Gasteiger partial charge in [0.25, 0.3) is 5.91 Å². The first kappa shape index (κ1) is 22.9. The lowest BCUT2D eigenvalue weighted by Crippen LogP contribution is -2.14. The minimum Gasteiger partial charge on any atom is -0.331 e. The van der Waals surface area contributed by atoms with Gasteiger partial charge in [-0.3, -0.25) is 9.78 Å². The molecule has 0 saturated carbocycles. The van der Waals surface area contributed by atoms with E-state index in [0.717, 1.165) is 29.0 Å². The number of halogens is 3. The van der Waals surface area contributed by atoms with Crippen LogP contribution >= 0.6 is 11.3 Å². The molecule has 4 rings (SSSR count). The molecular weight excluding hydrogens is 463 g/mol. The van der Waals surface area contributed by atoms with E-state index >= 15 is 0 Å². The Hall–Kier alpha value is -4.23. The van der Waals surface area contributed by atoms with E-state index in [-0.39, 0.29) is 11.3 Å². The molecule has 2 N–H and O–H groups in total. The summed E-state index contributed by atoms with van der Waals surface area (Å²) >= 11 is 1.39. The molecule has 4 aromatic rings. The SMILES string of the molecule is Cc1ccc(C(=O)Nc2ccc(C#N)c(C(F)(F)F)c2)cc1Nc1nc(-c2cccnc2)cs1. The Bertz CT molecular complexity index is 1390. The number of alkyl halides is 3. The van der Waals surface area contributed by atoms with E-state index in [4.69, 9.17) is 5.26 Å². The monoisotopic (exact) mass is 479 g/mol. The van der Waals surface area contributed by atoms with Crippen molar-refractivity contribution >= 4 is 33.8 Å². The third-order valence-corrected chi connectivity index (χ3v) is 5.66. The summed E-state index contributed by atoms with van der Waals surface area (Å²) in [7, 11) is 0. The van der Waals surface area contributed by atoms with Crippen molar-refractivity contribution in [3.05, 3.63) is 88.6 Å². The molecule has 0 radical (unpaired) electrons. The van der Waals surface area contributed by atoms with Crippen LogP contribution in [0.4, 0.5) is 29.7 Å². The molecule has 0 spiro atoms. The number of anilines is 3. The number of benzene rings is 2. The van der Waals surface area contributed by atoms with Gasteiger partial charge in [0, 0.05) is 40.3 Å². The zero-order valence-corrected chi connectivity index (χ0v) is 18.5. The highest BCUT2D eigenvalue weighted by molar-refractivity contribution is 7.14. The van der Waals surface area contributed by atoms with Crippen LogP contribution in [0.15, 0.2) is 66.3 Å². The largest absolute Gasteiger partial charge is 0.417 e. The molecule has 2 aromatic carbocycles. The summed E-state index contributed by atoms with van der Waals surface area (Å²) in [6.07, 6.45) is -1.33. The summed E-state index contributed by atoms with van der Waals surface area (Å²) in [6, 6.07) is 13.2. The van der Waals surface area contributed by atoms with Crippen molar-refractivity contribution in [3.8, 4) is 17.3 Å². The number of rotatable bonds is 5. The maximum absolute atomic E-state index is 13.2. The molecule has 0 unspecified atom stereocenters. The van der Waals surface area contributed by atoms with Gasteiger partial charge in [-0.1, -0.05) is 6.07 Å². The van der Waals surface area contributed by atoms with Gasteiger partial charge in [-0.2, -0.15) is 18.4 Å².